The number of aliphatic hydroxyl groups is 1. The number of aliphatic hydroxyl groups excluding tert-OH is 1. The molecule has 1 aromatic rings. The molecule has 20 heavy (non-hydrogen) atoms. The van der Waals surface area contributed by atoms with Gasteiger partial charge >= 0.3 is 6.03 Å². The zero-order valence-electron chi connectivity index (χ0n) is 11.5. The smallest absolute Gasteiger partial charge is 0.324 e. The summed E-state index contributed by atoms with van der Waals surface area (Å²) in [7, 11) is 0. The van der Waals surface area contributed by atoms with E-state index in [0.717, 1.165) is 16.0 Å². The maximum atomic E-state index is 11.4. The lowest BCUT2D eigenvalue weighted by molar-refractivity contribution is -0.126. The number of nitrogens with zero attached hydrogens (tertiary/aromatic N) is 1. The van der Waals surface area contributed by atoms with Crippen molar-refractivity contribution in [2.45, 2.75) is 20.0 Å². The number of rotatable bonds is 5. The Bertz CT molecular complexity index is 514. The van der Waals surface area contributed by atoms with Crippen molar-refractivity contribution in [2.75, 3.05) is 19.7 Å². The molecular weight excluding hydrogens is 260 g/mol. The molecule has 1 fully saturated rings. The van der Waals surface area contributed by atoms with Crippen molar-refractivity contribution >= 4 is 11.9 Å². The number of imide groups is 1. The molecule has 0 aliphatic carbocycles. The number of carbonyl (C=O) groups is 2. The Kier molecular flexibility index (Phi) is 4.24. The van der Waals surface area contributed by atoms with Crippen molar-refractivity contribution < 1.29 is 19.4 Å². The molecule has 1 heterocycles. The van der Waals surface area contributed by atoms with Crippen molar-refractivity contribution in [1.82, 2.24) is 10.2 Å². The monoisotopic (exact) mass is 278 g/mol. The van der Waals surface area contributed by atoms with E-state index >= 15 is 0 Å². The van der Waals surface area contributed by atoms with Crippen LogP contribution < -0.4 is 10.1 Å². The van der Waals surface area contributed by atoms with Gasteiger partial charge in [-0.1, -0.05) is 12.1 Å². The van der Waals surface area contributed by atoms with Gasteiger partial charge in [0.2, 0.25) is 5.91 Å². The van der Waals surface area contributed by atoms with Gasteiger partial charge in [-0.25, -0.2) is 4.79 Å². The normalized spacial score (nSPS) is 16.2. The van der Waals surface area contributed by atoms with Crippen molar-refractivity contribution in [2.24, 2.45) is 0 Å². The highest BCUT2D eigenvalue weighted by Crippen LogP contribution is 2.19. The number of hydrogen-bond donors (Lipinski definition) is 2. The van der Waals surface area contributed by atoms with E-state index in [1.807, 2.05) is 32.0 Å². The molecule has 1 unspecified atom stereocenters. The van der Waals surface area contributed by atoms with Crippen LogP contribution >= 0.6 is 0 Å². The van der Waals surface area contributed by atoms with Gasteiger partial charge in [0.15, 0.2) is 0 Å². The summed E-state index contributed by atoms with van der Waals surface area (Å²) in [5, 5.41) is 12.3. The Morgan fingerprint density at radius 2 is 2.15 bits per heavy atom. The van der Waals surface area contributed by atoms with Crippen LogP contribution in [0.3, 0.4) is 0 Å². The second-order valence-corrected chi connectivity index (χ2v) is 4.90. The number of ether oxygens (including phenoxy) is 1. The lowest BCUT2D eigenvalue weighted by Crippen LogP contribution is -2.39. The van der Waals surface area contributed by atoms with E-state index in [0.29, 0.717) is 5.75 Å². The maximum Gasteiger partial charge on any atom is 0.324 e. The third-order valence-electron chi connectivity index (χ3n) is 3.11. The molecule has 1 aromatic carbocycles. The van der Waals surface area contributed by atoms with Crippen LogP contribution in [0, 0.1) is 13.8 Å². The molecule has 2 rings (SSSR count). The minimum absolute atomic E-state index is 0.0105. The third kappa shape index (κ3) is 3.27. The SMILES string of the molecule is Cc1ccc(C)c(OCC(O)CN2C(=O)CNC2=O)c1. The fourth-order valence-electron chi connectivity index (χ4n) is 1.95. The summed E-state index contributed by atoms with van der Waals surface area (Å²) >= 11 is 0. The van der Waals surface area contributed by atoms with Gasteiger partial charge in [0.1, 0.15) is 18.5 Å². The zero-order valence-corrected chi connectivity index (χ0v) is 11.5. The van der Waals surface area contributed by atoms with Crippen LogP contribution in [-0.2, 0) is 4.79 Å². The Labute approximate surface area is 117 Å². The maximum absolute atomic E-state index is 11.4. The van der Waals surface area contributed by atoms with E-state index in [4.69, 9.17) is 4.74 Å². The van der Waals surface area contributed by atoms with Crippen LogP contribution in [0.25, 0.3) is 0 Å². The fourth-order valence-corrected chi connectivity index (χ4v) is 1.95. The molecule has 1 aliphatic rings. The minimum atomic E-state index is -0.914. The third-order valence-corrected chi connectivity index (χ3v) is 3.11. The van der Waals surface area contributed by atoms with Gasteiger partial charge in [-0.3, -0.25) is 9.69 Å². The molecule has 1 atom stereocenters. The summed E-state index contributed by atoms with van der Waals surface area (Å²) in [5.74, 6) is 0.363. The van der Waals surface area contributed by atoms with Crippen LogP contribution in [-0.4, -0.2) is 47.7 Å². The summed E-state index contributed by atoms with van der Waals surface area (Å²) in [4.78, 5) is 23.7. The van der Waals surface area contributed by atoms with Gasteiger partial charge in [-0.15, -0.1) is 0 Å². The molecule has 0 spiro atoms. The highest BCUT2D eigenvalue weighted by molar-refractivity contribution is 6.01. The first-order chi connectivity index (χ1) is 9.47. The second kappa shape index (κ2) is 5.92. The van der Waals surface area contributed by atoms with Crippen molar-refractivity contribution in [1.29, 1.82) is 0 Å². The summed E-state index contributed by atoms with van der Waals surface area (Å²) < 4.78 is 5.54. The van der Waals surface area contributed by atoms with Gasteiger partial charge < -0.3 is 15.2 Å². The second-order valence-electron chi connectivity index (χ2n) is 4.90. The molecule has 6 heteroatoms. The standard InChI is InChI=1S/C14H18N2O4/c1-9-3-4-10(2)12(5-9)20-8-11(17)7-16-13(18)6-15-14(16)19/h3-5,11,17H,6-8H2,1-2H3,(H,15,19). The van der Waals surface area contributed by atoms with Crippen molar-refractivity contribution in [3.63, 3.8) is 0 Å². The Morgan fingerprint density at radius 3 is 2.80 bits per heavy atom. The van der Waals surface area contributed by atoms with Gasteiger partial charge in [0.05, 0.1) is 13.1 Å². The van der Waals surface area contributed by atoms with E-state index in [2.05, 4.69) is 5.32 Å². The summed E-state index contributed by atoms with van der Waals surface area (Å²) in [6, 6.07) is 5.33. The number of nitrogens with one attached hydrogen (secondary N) is 1. The van der Waals surface area contributed by atoms with E-state index in [9.17, 15) is 14.7 Å². The summed E-state index contributed by atoms with van der Waals surface area (Å²) in [5.41, 5.74) is 2.03. The van der Waals surface area contributed by atoms with Gasteiger partial charge in [-0.05, 0) is 31.0 Å². The predicted octanol–water partition coefficient (Wildman–Crippen LogP) is 0.595. The fraction of sp³-hybridized carbons (Fsp3) is 0.429. The Morgan fingerprint density at radius 1 is 1.40 bits per heavy atom. The first-order valence-electron chi connectivity index (χ1n) is 6.43. The first-order valence-corrected chi connectivity index (χ1v) is 6.43. The topological polar surface area (TPSA) is 78.9 Å². The summed E-state index contributed by atoms with van der Waals surface area (Å²) in [6.45, 7) is 3.83. The number of benzene rings is 1. The number of urea groups is 1. The first kappa shape index (κ1) is 14.3. The number of aryl methyl sites for hydroxylation is 2. The average molecular weight is 278 g/mol. The van der Waals surface area contributed by atoms with Crippen LogP contribution in [0.2, 0.25) is 0 Å². The van der Waals surface area contributed by atoms with Crippen molar-refractivity contribution in [3.8, 4) is 5.75 Å². The highest BCUT2D eigenvalue weighted by atomic mass is 16.5. The highest BCUT2D eigenvalue weighted by Gasteiger charge is 2.30. The predicted molar refractivity (Wildman–Crippen MR) is 72.5 cm³/mol. The van der Waals surface area contributed by atoms with Crippen molar-refractivity contribution in [3.05, 3.63) is 29.3 Å². The van der Waals surface area contributed by atoms with Crippen LogP contribution in [0.15, 0.2) is 18.2 Å². The number of hydrogen-bond acceptors (Lipinski definition) is 4. The van der Waals surface area contributed by atoms with E-state index in [1.165, 1.54) is 0 Å². The van der Waals surface area contributed by atoms with Crippen LogP contribution in [0.5, 0.6) is 5.75 Å². The molecule has 0 aromatic heterocycles. The summed E-state index contributed by atoms with van der Waals surface area (Å²) in [6.07, 6.45) is -0.914. The van der Waals surface area contributed by atoms with E-state index in [-0.39, 0.29) is 25.6 Å². The molecule has 0 radical (unpaired) electrons. The molecular formula is C14H18N2O4. The van der Waals surface area contributed by atoms with Gasteiger partial charge in [-0.2, -0.15) is 0 Å². The van der Waals surface area contributed by atoms with Gasteiger partial charge in [0, 0.05) is 0 Å². The Hall–Kier alpha value is -2.08. The zero-order chi connectivity index (χ0) is 14.7. The molecule has 1 saturated heterocycles. The van der Waals surface area contributed by atoms with Crippen LogP contribution in [0.4, 0.5) is 4.79 Å². The molecule has 2 N–H and O–H groups in total. The number of carbonyl (C=O) groups excluding carboxylic acids is 2. The molecule has 0 bridgehead atoms. The van der Waals surface area contributed by atoms with Crippen LogP contribution in [0.1, 0.15) is 11.1 Å². The lowest BCUT2D eigenvalue weighted by atomic mass is 10.1. The van der Waals surface area contributed by atoms with E-state index in [1.54, 1.807) is 0 Å². The lowest BCUT2D eigenvalue weighted by Gasteiger charge is -2.18. The quantitative estimate of drug-likeness (QED) is 0.773. The molecule has 6 nitrogen and oxygen atoms in total. The largest absolute Gasteiger partial charge is 0.491 e. The van der Waals surface area contributed by atoms with E-state index < -0.39 is 12.1 Å². The minimum Gasteiger partial charge on any atom is -0.491 e. The Balaban J connectivity index is 1.89. The molecule has 0 saturated carbocycles. The average Bonchev–Trinajstić information content (AvgIpc) is 2.71. The molecule has 3 amide bonds. The molecule has 108 valence electrons. The molecule has 1 aliphatic heterocycles. The number of amides is 3. The number of β-amino-alcohol motifs (C(OH)–C–C–N with tert-alkyl or cyclic N) is 1. The van der Waals surface area contributed by atoms with Gasteiger partial charge in [0.25, 0.3) is 0 Å².